The van der Waals surface area contributed by atoms with Crippen molar-refractivity contribution in [1.29, 1.82) is 0 Å². The maximum absolute atomic E-state index is 11.9. The molecule has 1 rings (SSSR count). The number of β-amino-alcohol motifs (C(OH)–C–C–N with tert-alkyl or cyclic N) is 1. The molecule has 1 aliphatic rings. The maximum Gasteiger partial charge on any atom is 0.242 e. The van der Waals surface area contributed by atoms with Crippen LogP contribution < -0.4 is 5.32 Å². The molecule has 0 aromatic heterocycles. The van der Waals surface area contributed by atoms with Crippen molar-refractivity contribution >= 4 is 0 Å². The Balaban J connectivity index is 2.32. The van der Waals surface area contributed by atoms with Crippen molar-refractivity contribution in [3.8, 4) is 0 Å². The molecule has 2 atom stereocenters. The summed E-state index contributed by atoms with van der Waals surface area (Å²) in [7, 11) is 0. The highest BCUT2D eigenvalue weighted by molar-refractivity contribution is 4.76. The van der Waals surface area contributed by atoms with Gasteiger partial charge in [0.15, 0.2) is 0 Å². The summed E-state index contributed by atoms with van der Waals surface area (Å²) in [6, 6.07) is 0. The summed E-state index contributed by atoms with van der Waals surface area (Å²) in [4.78, 5) is 0. The van der Waals surface area contributed by atoms with E-state index in [2.05, 4.69) is 5.32 Å². The Morgan fingerprint density at radius 3 is 2.50 bits per heavy atom. The number of hydrogen-bond donors (Lipinski definition) is 2. The van der Waals surface area contributed by atoms with Crippen molar-refractivity contribution < 1.29 is 13.9 Å². The molecule has 60 valence electrons. The van der Waals surface area contributed by atoms with Crippen LogP contribution in [0.1, 0.15) is 6.42 Å². The van der Waals surface area contributed by atoms with Gasteiger partial charge in [-0.2, -0.15) is 0 Å². The summed E-state index contributed by atoms with van der Waals surface area (Å²) in [6.07, 6.45) is -2.67. The molecule has 4 heteroatoms. The first-order chi connectivity index (χ1) is 4.70. The van der Waals surface area contributed by atoms with Crippen LogP contribution in [0, 0.1) is 5.92 Å². The highest BCUT2D eigenvalue weighted by Gasteiger charge is 2.26. The Hall–Kier alpha value is -0.220. The van der Waals surface area contributed by atoms with Gasteiger partial charge >= 0.3 is 0 Å². The van der Waals surface area contributed by atoms with Crippen LogP contribution in [0.25, 0.3) is 0 Å². The van der Waals surface area contributed by atoms with Gasteiger partial charge < -0.3 is 10.4 Å². The lowest BCUT2D eigenvalue weighted by atomic mass is 9.98. The Morgan fingerprint density at radius 2 is 2.10 bits per heavy atom. The van der Waals surface area contributed by atoms with E-state index in [4.69, 9.17) is 5.11 Å². The van der Waals surface area contributed by atoms with Gasteiger partial charge in [-0.1, -0.05) is 0 Å². The second kappa shape index (κ2) is 3.25. The molecule has 1 aliphatic heterocycles. The van der Waals surface area contributed by atoms with Crippen LogP contribution in [0.2, 0.25) is 0 Å². The molecular formula is C6H11F2NO. The van der Waals surface area contributed by atoms with Crippen molar-refractivity contribution in [2.75, 3.05) is 13.1 Å². The molecule has 10 heavy (non-hydrogen) atoms. The Bertz CT molecular complexity index is 110. The Kier molecular flexibility index (Phi) is 2.56. The van der Waals surface area contributed by atoms with Gasteiger partial charge in [-0.3, -0.25) is 0 Å². The molecule has 1 fully saturated rings. The van der Waals surface area contributed by atoms with Crippen molar-refractivity contribution in [3.05, 3.63) is 0 Å². The zero-order chi connectivity index (χ0) is 7.56. The van der Waals surface area contributed by atoms with Gasteiger partial charge in [0, 0.05) is 19.0 Å². The van der Waals surface area contributed by atoms with E-state index in [1.54, 1.807) is 0 Å². The molecule has 0 amide bonds. The third-order valence-corrected chi connectivity index (χ3v) is 1.72. The zero-order valence-electron chi connectivity index (χ0n) is 5.56. The topological polar surface area (TPSA) is 32.3 Å². The Labute approximate surface area is 58.2 Å². The lowest BCUT2D eigenvalue weighted by Gasteiger charge is -2.25. The first-order valence-electron chi connectivity index (χ1n) is 3.37. The van der Waals surface area contributed by atoms with Crippen LogP contribution in [0.4, 0.5) is 8.78 Å². The number of nitrogens with one attached hydrogen (secondary N) is 1. The summed E-state index contributed by atoms with van der Waals surface area (Å²) < 4.78 is 23.9. The van der Waals surface area contributed by atoms with E-state index in [-0.39, 0.29) is 6.42 Å². The number of aliphatic hydroxyl groups excluding tert-OH is 1. The lowest BCUT2D eigenvalue weighted by molar-refractivity contribution is 0.0203. The third kappa shape index (κ3) is 1.88. The van der Waals surface area contributed by atoms with Crippen molar-refractivity contribution in [3.63, 3.8) is 0 Å². The standard InChI is InChI=1S/C6H11F2NO/c7-6(8)4-1-5(10)3-9-2-4/h4-6,9-10H,1-3H2/t4?,5-/m0/s1. The SMILES string of the molecule is O[C@@H]1CNCC(C(F)F)C1. The number of alkyl halides is 2. The molecule has 0 aliphatic carbocycles. The Morgan fingerprint density at radius 1 is 1.40 bits per heavy atom. The summed E-state index contributed by atoms with van der Waals surface area (Å²) in [5, 5.41) is 11.7. The van der Waals surface area contributed by atoms with E-state index in [0.29, 0.717) is 13.1 Å². The van der Waals surface area contributed by atoms with Gasteiger partial charge in [0.2, 0.25) is 6.43 Å². The molecule has 1 unspecified atom stereocenters. The fraction of sp³-hybridized carbons (Fsp3) is 1.00. The summed E-state index contributed by atoms with van der Waals surface area (Å²) in [5.74, 6) is -0.663. The van der Waals surface area contributed by atoms with Gasteiger partial charge in [0.1, 0.15) is 0 Å². The van der Waals surface area contributed by atoms with E-state index in [9.17, 15) is 8.78 Å². The number of hydrogen-bond acceptors (Lipinski definition) is 2. The normalized spacial score (nSPS) is 34.8. The maximum atomic E-state index is 11.9. The van der Waals surface area contributed by atoms with Crippen LogP contribution >= 0.6 is 0 Å². The molecule has 2 N–H and O–H groups in total. The first kappa shape index (κ1) is 7.88. The molecule has 2 nitrogen and oxygen atoms in total. The average molecular weight is 151 g/mol. The predicted octanol–water partition coefficient (Wildman–Crippen LogP) is 0.222. The molecule has 0 radical (unpaired) electrons. The molecule has 0 saturated carbocycles. The number of rotatable bonds is 1. The molecular weight excluding hydrogens is 140 g/mol. The summed E-state index contributed by atoms with van der Waals surface area (Å²) in [6.45, 7) is 0.776. The van der Waals surface area contributed by atoms with Crippen LogP contribution in [0.5, 0.6) is 0 Å². The van der Waals surface area contributed by atoms with E-state index in [0.717, 1.165) is 0 Å². The van der Waals surface area contributed by atoms with Crippen LogP contribution in [-0.2, 0) is 0 Å². The fourth-order valence-corrected chi connectivity index (χ4v) is 1.14. The van der Waals surface area contributed by atoms with Crippen molar-refractivity contribution in [2.45, 2.75) is 19.0 Å². The van der Waals surface area contributed by atoms with Crippen LogP contribution in [-0.4, -0.2) is 30.7 Å². The van der Waals surface area contributed by atoms with Crippen molar-refractivity contribution in [2.24, 2.45) is 5.92 Å². The smallest absolute Gasteiger partial charge is 0.242 e. The van der Waals surface area contributed by atoms with Gasteiger partial charge in [0.05, 0.1) is 6.10 Å². The van der Waals surface area contributed by atoms with Crippen LogP contribution in [0.3, 0.4) is 0 Å². The molecule has 1 heterocycles. The summed E-state index contributed by atoms with van der Waals surface area (Å²) in [5.41, 5.74) is 0. The monoisotopic (exact) mass is 151 g/mol. The van der Waals surface area contributed by atoms with Gasteiger partial charge in [0.25, 0.3) is 0 Å². The first-order valence-corrected chi connectivity index (χ1v) is 3.37. The minimum Gasteiger partial charge on any atom is -0.392 e. The van der Waals surface area contributed by atoms with Gasteiger partial charge in [-0.15, -0.1) is 0 Å². The molecule has 0 spiro atoms. The second-order valence-corrected chi connectivity index (χ2v) is 2.64. The van der Waals surface area contributed by atoms with Gasteiger partial charge in [-0.25, -0.2) is 8.78 Å². The minimum absolute atomic E-state index is 0.227. The van der Waals surface area contributed by atoms with E-state index < -0.39 is 18.4 Å². The molecule has 1 saturated heterocycles. The minimum atomic E-state index is -2.30. The van der Waals surface area contributed by atoms with Gasteiger partial charge in [-0.05, 0) is 6.42 Å². The second-order valence-electron chi connectivity index (χ2n) is 2.64. The highest BCUT2D eigenvalue weighted by atomic mass is 19.3. The highest BCUT2D eigenvalue weighted by Crippen LogP contribution is 2.17. The van der Waals surface area contributed by atoms with E-state index in [1.165, 1.54) is 0 Å². The fourth-order valence-electron chi connectivity index (χ4n) is 1.14. The molecule has 0 aromatic carbocycles. The zero-order valence-corrected chi connectivity index (χ0v) is 5.56. The van der Waals surface area contributed by atoms with Crippen LogP contribution in [0.15, 0.2) is 0 Å². The molecule has 0 bridgehead atoms. The quantitative estimate of drug-likeness (QED) is 0.562. The number of halogens is 2. The predicted molar refractivity (Wildman–Crippen MR) is 33.0 cm³/mol. The molecule has 0 aromatic rings. The lowest BCUT2D eigenvalue weighted by Crippen LogP contribution is -2.41. The summed E-state index contributed by atoms with van der Waals surface area (Å²) >= 11 is 0. The van der Waals surface area contributed by atoms with Crippen molar-refractivity contribution in [1.82, 2.24) is 5.32 Å². The number of aliphatic hydroxyl groups is 1. The van der Waals surface area contributed by atoms with E-state index >= 15 is 0 Å². The average Bonchev–Trinajstić information content (AvgIpc) is 1.88. The largest absolute Gasteiger partial charge is 0.392 e. The third-order valence-electron chi connectivity index (χ3n) is 1.72. The van der Waals surface area contributed by atoms with E-state index in [1.807, 2.05) is 0 Å². The number of piperidine rings is 1.